The van der Waals surface area contributed by atoms with Gasteiger partial charge in [0.1, 0.15) is 11.4 Å². The highest BCUT2D eigenvalue weighted by Gasteiger charge is 2.10. The summed E-state index contributed by atoms with van der Waals surface area (Å²) in [4.78, 5) is 11.5. The highest BCUT2D eigenvalue weighted by atomic mass is 16.5. The van der Waals surface area contributed by atoms with E-state index in [9.17, 15) is 4.91 Å². The van der Waals surface area contributed by atoms with Crippen LogP contribution < -0.4 is 21.1 Å². The number of anilines is 1. The van der Waals surface area contributed by atoms with E-state index in [4.69, 9.17) is 10.5 Å². The van der Waals surface area contributed by atoms with E-state index in [0.717, 1.165) is 47.6 Å². The summed E-state index contributed by atoms with van der Waals surface area (Å²) in [5.74, 6) is 0.838. The molecule has 3 aromatic carbocycles. The van der Waals surface area contributed by atoms with Crippen LogP contribution >= 0.6 is 0 Å². The molecule has 0 bridgehead atoms. The molecule has 3 aromatic rings. The van der Waals surface area contributed by atoms with Gasteiger partial charge < -0.3 is 21.1 Å². The predicted octanol–water partition coefficient (Wildman–Crippen LogP) is 4.85. The number of hydrogen-bond acceptors (Lipinski definition) is 6. The third-order valence-corrected chi connectivity index (χ3v) is 5.11. The van der Waals surface area contributed by atoms with Gasteiger partial charge in [-0.3, -0.25) is 0 Å². The number of nitrogens with one attached hydrogen (secondary N) is 2. The number of nitrogens with zero attached hydrogens (tertiary/aromatic N) is 1. The van der Waals surface area contributed by atoms with Crippen molar-refractivity contribution < 1.29 is 4.74 Å². The molecule has 1 atom stereocenters. The molecule has 162 valence electrons. The molecular weight excluding hydrogens is 388 g/mol. The minimum Gasteiger partial charge on any atom is -0.497 e. The smallest absolute Gasteiger partial charge is 0.131 e. The molecule has 31 heavy (non-hydrogen) atoms. The van der Waals surface area contributed by atoms with Gasteiger partial charge in [-0.15, -0.1) is 4.91 Å². The van der Waals surface area contributed by atoms with Crippen molar-refractivity contribution in [2.24, 2.45) is 10.9 Å². The first-order chi connectivity index (χ1) is 15.1. The fourth-order valence-electron chi connectivity index (χ4n) is 3.53. The molecule has 0 aliphatic heterocycles. The molecule has 0 saturated heterocycles. The average molecular weight is 419 g/mol. The van der Waals surface area contributed by atoms with Crippen LogP contribution in [-0.2, 0) is 13.0 Å². The first-order valence-corrected chi connectivity index (χ1v) is 10.5. The molecule has 0 aliphatic rings. The molecule has 6 heteroatoms. The summed E-state index contributed by atoms with van der Waals surface area (Å²) >= 11 is 0. The lowest BCUT2D eigenvalue weighted by Gasteiger charge is -2.17. The fraction of sp³-hybridized carbons (Fsp3) is 0.280. The Morgan fingerprint density at radius 1 is 1.00 bits per heavy atom. The summed E-state index contributed by atoms with van der Waals surface area (Å²) in [6.45, 7) is 4.28. The highest BCUT2D eigenvalue weighted by Crippen LogP contribution is 2.32. The van der Waals surface area contributed by atoms with Crippen molar-refractivity contribution >= 4 is 11.4 Å². The standard InChI is InChI=1S/C25H30N4O2/c1-18(14-20-4-3-5-23(15-20)31-2)28-24-11-10-22(16-25(24)29-30)21-8-6-19(7-9-21)17-27-13-12-26/h3-11,15-16,18,27-28H,12-14,17,26H2,1-2H3. The molecule has 0 amide bonds. The van der Waals surface area contributed by atoms with Crippen LogP contribution in [-0.4, -0.2) is 26.2 Å². The maximum absolute atomic E-state index is 11.5. The first kappa shape index (κ1) is 22.5. The van der Waals surface area contributed by atoms with Crippen LogP contribution in [0.4, 0.5) is 11.4 Å². The van der Waals surface area contributed by atoms with Crippen molar-refractivity contribution in [3.8, 4) is 16.9 Å². The third-order valence-electron chi connectivity index (χ3n) is 5.11. The SMILES string of the molecule is COc1cccc(CC(C)Nc2ccc(-c3ccc(CNCCN)cc3)cc2N=O)c1. The van der Waals surface area contributed by atoms with E-state index in [1.807, 2.05) is 36.4 Å². The van der Waals surface area contributed by atoms with Crippen molar-refractivity contribution in [1.82, 2.24) is 5.32 Å². The first-order valence-electron chi connectivity index (χ1n) is 10.5. The Kier molecular flexibility index (Phi) is 8.15. The van der Waals surface area contributed by atoms with Crippen molar-refractivity contribution in [2.45, 2.75) is 25.9 Å². The summed E-state index contributed by atoms with van der Waals surface area (Å²) in [7, 11) is 1.66. The molecule has 0 fully saturated rings. The summed E-state index contributed by atoms with van der Waals surface area (Å²) in [5.41, 5.74) is 11.0. The van der Waals surface area contributed by atoms with E-state index >= 15 is 0 Å². The van der Waals surface area contributed by atoms with Crippen LogP contribution in [0.2, 0.25) is 0 Å². The lowest BCUT2D eigenvalue weighted by Crippen LogP contribution is -2.21. The zero-order chi connectivity index (χ0) is 22.1. The van der Waals surface area contributed by atoms with Crippen molar-refractivity contribution in [3.63, 3.8) is 0 Å². The second-order valence-corrected chi connectivity index (χ2v) is 7.59. The Morgan fingerprint density at radius 3 is 2.48 bits per heavy atom. The number of hydrogen-bond donors (Lipinski definition) is 3. The van der Waals surface area contributed by atoms with Crippen LogP contribution in [0.5, 0.6) is 5.75 Å². The van der Waals surface area contributed by atoms with E-state index < -0.39 is 0 Å². The van der Waals surface area contributed by atoms with Gasteiger partial charge in [-0.1, -0.05) is 42.5 Å². The number of rotatable bonds is 11. The summed E-state index contributed by atoms with van der Waals surface area (Å²) in [6.07, 6.45) is 0.802. The van der Waals surface area contributed by atoms with Gasteiger partial charge in [0.05, 0.1) is 12.8 Å². The van der Waals surface area contributed by atoms with Gasteiger partial charge >= 0.3 is 0 Å². The molecule has 0 saturated carbocycles. The van der Waals surface area contributed by atoms with E-state index in [-0.39, 0.29) is 6.04 Å². The summed E-state index contributed by atoms with van der Waals surface area (Å²) < 4.78 is 5.29. The Labute approximate surface area is 183 Å². The zero-order valence-electron chi connectivity index (χ0n) is 18.1. The zero-order valence-corrected chi connectivity index (χ0v) is 18.1. The van der Waals surface area contributed by atoms with Crippen molar-refractivity contribution in [3.05, 3.63) is 82.8 Å². The lowest BCUT2D eigenvalue weighted by molar-refractivity contribution is 0.414. The maximum Gasteiger partial charge on any atom is 0.131 e. The average Bonchev–Trinajstić information content (AvgIpc) is 2.80. The quantitative estimate of drug-likeness (QED) is 0.306. The third kappa shape index (κ3) is 6.38. The monoisotopic (exact) mass is 418 g/mol. The van der Waals surface area contributed by atoms with E-state index in [0.29, 0.717) is 12.2 Å². The summed E-state index contributed by atoms with van der Waals surface area (Å²) in [5, 5.41) is 9.95. The van der Waals surface area contributed by atoms with Crippen LogP contribution in [0, 0.1) is 4.91 Å². The van der Waals surface area contributed by atoms with Gasteiger partial charge in [0.2, 0.25) is 0 Å². The van der Waals surface area contributed by atoms with Crippen LogP contribution in [0.25, 0.3) is 11.1 Å². The van der Waals surface area contributed by atoms with Crippen molar-refractivity contribution in [2.75, 3.05) is 25.5 Å². The van der Waals surface area contributed by atoms with Gasteiger partial charge in [-0.05, 0) is 65.0 Å². The molecule has 3 rings (SSSR count). The normalized spacial score (nSPS) is 11.7. The number of nitroso groups, excluding NO2 is 1. The molecular formula is C25H30N4O2. The number of ether oxygens (including phenoxy) is 1. The Bertz CT molecular complexity index is 989. The molecule has 0 radical (unpaired) electrons. The van der Waals surface area contributed by atoms with Gasteiger partial charge in [0, 0.05) is 25.7 Å². The van der Waals surface area contributed by atoms with Gasteiger partial charge in [0.25, 0.3) is 0 Å². The molecule has 1 unspecified atom stereocenters. The minimum atomic E-state index is 0.124. The van der Waals surface area contributed by atoms with Gasteiger partial charge in [-0.25, -0.2) is 0 Å². The van der Waals surface area contributed by atoms with E-state index in [2.05, 4.69) is 53.1 Å². The van der Waals surface area contributed by atoms with Crippen molar-refractivity contribution in [1.29, 1.82) is 0 Å². The molecule has 4 N–H and O–H groups in total. The fourth-order valence-corrected chi connectivity index (χ4v) is 3.53. The number of nitrogens with two attached hydrogens (primary N) is 1. The Balaban J connectivity index is 1.68. The number of benzene rings is 3. The maximum atomic E-state index is 11.5. The minimum absolute atomic E-state index is 0.124. The van der Waals surface area contributed by atoms with Gasteiger partial charge in [-0.2, -0.15) is 0 Å². The topological polar surface area (TPSA) is 88.7 Å². The van der Waals surface area contributed by atoms with E-state index in [1.54, 1.807) is 7.11 Å². The lowest BCUT2D eigenvalue weighted by atomic mass is 10.0. The second kappa shape index (κ2) is 11.2. The Morgan fingerprint density at radius 2 is 1.77 bits per heavy atom. The van der Waals surface area contributed by atoms with Gasteiger partial charge in [0.15, 0.2) is 0 Å². The molecule has 0 spiro atoms. The van der Waals surface area contributed by atoms with E-state index in [1.165, 1.54) is 5.56 Å². The molecule has 0 aliphatic carbocycles. The van der Waals surface area contributed by atoms with Crippen LogP contribution in [0.15, 0.2) is 71.9 Å². The largest absolute Gasteiger partial charge is 0.497 e. The highest BCUT2D eigenvalue weighted by molar-refractivity contribution is 5.75. The molecule has 6 nitrogen and oxygen atoms in total. The van der Waals surface area contributed by atoms with Crippen LogP contribution in [0.3, 0.4) is 0 Å². The Hall–Kier alpha value is -3.22. The predicted molar refractivity (Wildman–Crippen MR) is 128 cm³/mol. The second-order valence-electron chi connectivity index (χ2n) is 7.59. The van der Waals surface area contributed by atoms with Crippen LogP contribution in [0.1, 0.15) is 18.1 Å². The summed E-state index contributed by atoms with van der Waals surface area (Å²) in [6, 6.07) is 22.2. The molecule has 0 heterocycles. The number of methoxy groups -OCH3 is 1. The molecule has 0 aromatic heterocycles.